The smallest absolute Gasteiger partial charge is 0.254 e. The molecule has 0 aromatic heterocycles. The van der Waals surface area contributed by atoms with E-state index in [1.54, 1.807) is 0 Å². The fourth-order valence-electron chi connectivity index (χ4n) is 3.37. The number of sulfonamides is 1. The second-order valence-electron chi connectivity index (χ2n) is 7.34. The molecule has 0 radical (unpaired) electrons. The highest BCUT2D eigenvalue weighted by molar-refractivity contribution is 7.89. The molecule has 7 nitrogen and oxygen atoms in total. The van der Waals surface area contributed by atoms with Crippen molar-refractivity contribution in [1.82, 2.24) is 14.5 Å². The number of nitrogens with zero attached hydrogens (tertiary/aromatic N) is 2. The normalized spacial score (nSPS) is 14.8. The van der Waals surface area contributed by atoms with Gasteiger partial charge in [0.2, 0.25) is 15.9 Å². The summed E-state index contributed by atoms with van der Waals surface area (Å²) in [5.41, 5.74) is -0.308. The molecule has 0 saturated carbocycles. The van der Waals surface area contributed by atoms with Gasteiger partial charge in [0.25, 0.3) is 5.91 Å². The van der Waals surface area contributed by atoms with E-state index in [1.807, 2.05) is 0 Å². The Labute approximate surface area is 188 Å². The molecule has 1 aliphatic heterocycles. The minimum atomic E-state index is -4.17. The highest BCUT2D eigenvalue weighted by atomic mass is 32.2. The monoisotopic (exact) mass is 487 g/mol. The molecule has 178 valence electrons. The van der Waals surface area contributed by atoms with Crippen molar-refractivity contribution in [3.63, 3.8) is 0 Å². The predicted octanol–water partition coefficient (Wildman–Crippen LogP) is 2.29. The zero-order valence-electron chi connectivity index (χ0n) is 17.4. The molecule has 2 amide bonds. The van der Waals surface area contributed by atoms with Gasteiger partial charge in [-0.2, -0.15) is 4.31 Å². The summed E-state index contributed by atoms with van der Waals surface area (Å²) >= 11 is 0. The Hall–Kier alpha value is -2.99. The first-order chi connectivity index (χ1) is 15.6. The number of carbonyl (C=O) groups is 2. The number of carbonyl (C=O) groups excluding carboxylic acids is 2. The van der Waals surface area contributed by atoms with Crippen molar-refractivity contribution in [3.05, 3.63) is 65.2 Å². The van der Waals surface area contributed by atoms with Gasteiger partial charge < -0.3 is 10.2 Å². The van der Waals surface area contributed by atoms with Crippen LogP contribution in [0.5, 0.6) is 0 Å². The van der Waals surface area contributed by atoms with E-state index < -0.39 is 44.1 Å². The summed E-state index contributed by atoms with van der Waals surface area (Å²) in [5, 5.41) is 2.45. The molecule has 1 aliphatic rings. The van der Waals surface area contributed by atoms with Gasteiger partial charge in [-0.3, -0.25) is 9.59 Å². The number of piperazine rings is 1. The van der Waals surface area contributed by atoms with E-state index in [0.29, 0.717) is 12.1 Å². The number of hydrogen-bond acceptors (Lipinski definition) is 4. The first-order valence-electron chi connectivity index (χ1n) is 10.1. The maximum Gasteiger partial charge on any atom is 0.254 e. The average molecular weight is 487 g/mol. The molecule has 12 heteroatoms. The van der Waals surface area contributed by atoms with Gasteiger partial charge in [-0.15, -0.1) is 0 Å². The second-order valence-corrected chi connectivity index (χ2v) is 9.25. The number of halogens is 4. The van der Waals surface area contributed by atoms with E-state index in [2.05, 4.69) is 5.32 Å². The molecule has 2 aromatic rings. The molecule has 1 N–H and O–H groups in total. The standard InChI is InChI=1S/C21H21F4N3O4S/c22-14-3-5-16(17(24)12-14)21(30)26-7-1-2-20(29)27-8-10-28(11-9-27)33(31,32)19-6-4-15(23)13-18(19)25/h3-6,12-13H,1-2,7-11H2,(H,26,30). The number of amides is 2. The van der Waals surface area contributed by atoms with E-state index in [1.165, 1.54) is 4.90 Å². The largest absolute Gasteiger partial charge is 0.352 e. The molecule has 0 spiro atoms. The van der Waals surface area contributed by atoms with Crippen LogP contribution in [0.1, 0.15) is 23.2 Å². The van der Waals surface area contributed by atoms with Crippen molar-refractivity contribution in [2.75, 3.05) is 32.7 Å². The SMILES string of the molecule is O=C(NCCCC(=O)N1CCN(S(=O)(=O)c2ccc(F)cc2F)CC1)c1ccc(F)cc1F. The summed E-state index contributed by atoms with van der Waals surface area (Å²) < 4.78 is 79.7. The van der Waals surface area contributed by atoms with Crippen LogP contribution in [-0.2, 0) is 14.8 Å². The molecule has 1 fully saturated rings. The quantitative estimate of drug-likeness (QED) is 0.480. The zero-order valence-corrected chi connectivity index (χ0v) is 18.2. The van der Waals surface area contributed by atoms with E-state index in [4.69, 9.17) is 0 Å². The van der Waals surface area contributed by atoms with Gasteiger partial charge in [0.05, 0.1) is 5.56 Å². The molecule has 1 saturated heterocycles. The van der Waals surface area contributed by atoms with E-state index in [-0.39, 0.29) is 57.0 Å². The van der Waals surface area contributed by atoms with Crippen LogP contribution in [0.25, 0.3) is 0 Å². The molecule has 0 bridgehead atoms. The summed E-state index contributed by atoms with van der Waals surface area (Å²) in [5.74, 6) is -4.85. The molecule has 0 aliphatic carbocycles. The Morgan fingerprint density at radius 1 is 0.879 bits per heavy atom. The third-order valence-electron chi connectivity index (χ3n) is 5.13. The van der Waals surface area contributed by atoms with Gasteiger partial charge in [0, 0.05) is 51.3 Å². The molecule has 3 rings (SSSR count). The third-order valence-corrected chi connectivity index (χ3v) is 7.06. The van der Waals surface area contributed by atoms with Gasteiger partial charge in [0.1, 0.15) is 28.2 Å². The van der Waals surface area contributed by atoms with E-state index >= 15 is 0 Å². The highest BCUT2D eigenvalue weighted by Gasteiger charge is 2.32. The molecular weight excluding hydrogens is 466 g/mol. The van der Waals surface area contributed by atoms with Crippen molar-refractivity contribution in [2.45, 2.75) is 17.7 Å². The van der Waals surface area contributed by atoms with Crippen LogP contribution in [-0.4, -0.2) is 62.2 Å². The maximum absolute atomic E-state index is 13.9. The lowest BCUT2D eigenvalue weighted by Crippen LogP contribution is -2.50. The fraction of sp³-hybridized carbons (Fsp3) is 0.333. The van der Waals surface area contributed by atoms with Crippen LogP contribution in [0.4, 0.5) is 17.6 Å². The Kier molecular flexibility index (Phi) is 7.69. The molecule has 33 heavy (non-hydrogen) atoms. The van der Waals surface area contributed by atoms with E-state index in [0.717, 1.165) is 28.6 Å². The first-order valence-corrected chi connectivity index (χ1v) is 11.5. The summed E-state index contributed by atoms with van der Waals surface area (Å²) in [6.45, 7) is 0.165. The highest BCUT2D eigenvalue weighted by Crippen LogP contribution is 2.21. The second kappa shape index (κ2) is 10.3. The van der Waals surface area contributed by atoms with Crippen LogP contribution < -0.4 is 5.32 Å². The lowest BCUT2D eigenvalue weighted by atomic mass is 10.2. The van der Waals surface area contributed by atoms with Gasteiger partial charge in [-0.25, -0.2) is 26.0 Å². The number of hydrogen-bond donors (Lipinski definition) is 1. The van der Waals surface area contributed by atoms with Gasteiger partial charge >= 0.3 is 0 Å². The van der Waals surface area contributed by atoms with E-state index in [9.17, 15) is 35.6 Å². The summed E-state index contributed by atoms with van der Waals surface area (Å²) in [6.07, 6.45) is 0.318. The summed E-state index contributed by atoms with van der Waals surface area (Å²) in [7, 11) is -4.17. The maximum atomic E-state index is 13.9. The van der Waals surface area contributed by atoms with Crippen molar-refractivity contribution < 1.29 is 35.6 Å². The van der Waals surface area contributed by atoms with Gasteiger partial charge in [0.15, 0.2) is 0 Å². The van der Waals surface area contributed by atoms with Gasteiger partial charge in [-0.05, 0) is 30.7 Å². The molecular formula is C21H21F4N3O4S. The fourth-order valence-corrected chi connectivity index (χ4v) is 4.84. The Morgan fingerprint density at radius 3 is 2.09 bits per heavy atom. The Morgan fingerprint density at radius 2 is 1.48 bits per heavy atom. The minimum Gasteiger partial charge on any atom is -0.352 e. The minimum absolute atomic E-state index is 0.0501. The van der Waals surface area contributed by atoms with Crippen LogP contribution in [0.15, 0.2) is 41.3 Å². The lowest BCUT2D eigenvalue weighted by molar-refractivity contribution is -0.132. The number of benzene rings is 2. The molecule has 0 unspecified atom stereocenters. The Balaban J connectivity index is 1.45. The predicted molar refractivity (Wildman–Crippen MR) is 110 cm³/mol. The Bertz CT molecular complexity index is 1150. The van der Waals surface area contributed by atoms with Crippen LogP contribution in [0.2, 0.25) is 0 Å². The molecule has 0 atom stereocenters. The topological polar surface area (TPSA) is 86.8 Å². The van der Waals surface area contributed by atoms with Crippen molar-refractivity contribution in [2.24, 2.45) is 0 Å². The van der Waals surface area contributed by atoms with Crippen molar-refractivity contribution in [3.8, 4) is 0 Å². The third kappa shape index (κ3) is 5.88. The number of nitrogens with one attached hydrogen (secondary N) is 1. The molecule has 2 aromatic carbocycles. The van der Waals surface area contributed by atoms with Crippen molar-refractivity contribution >= 4 is 21.8 Å². The summed E-state index contributed by atoms with van der Waals surface area (Å²) in [6, 6.07) is 4.81. The van der Waals surface area contributed by atoms with Crippen molar-refractivity contribution in [1.29, 1.82) is 0 Å². The average Bonchev–Trinajstić information content (AvgIpc) is 2.76. The van der Waals surface area contributed by atoms with Crippen LogP contribution >= 0.6 is 0 Å². The summed E-state index contributed by atoms with van der Waals surface area (Å²) in [4.78, 5) is 25.1. The number of rotatable bonds is 7. The molecule has 1 heterocycles. The van der Waals surface area contributed by atoms with Crippen LogP contribution in [0.3, 0.4) is 0 Å². The zero-order chi connectivity index (χ0) is 24.2. The van der Waals surface area contributed by atoms with Crippen LogP contribution in [0, 0.1) is 23.3 Å². The van der Waals surface area contributed by atoms with Gasteiger partial charge in [-0.1, -0.05) is 0 Å². The first kappa shape index (κ1) is 24.6. The lowest BCUT2D eigenvalue weighted by Gasteiger charge is -2.34.